The predicted molar refractivity (Wildman–Crippen MR) is 59.5 cm³/mol. The number of carboxylic acids is 1. The lowest BCUT2D eigenvalue weighted by atomic mass is 10.2. The van der Waals surface area contributed by atoms with Crippen LogP contribution >= 0.6 is 0 Å². The highest BCUT2D eigenvalue weighted by Gasteiger charge is 2.19. The van der Waals surface area contributed by atoms with Crippen molar-refractivity contribution in [1.29, 1.82) is 0 Å². The van der Waals surface area contributed by atoms with Gasteiger partial charge >= 0.3 is 5.97 Å². The van der Waals surface area contributed by atoms with Crippen molar-refractivity contribution in [1.82, 2.24) is 4.98 Å². The largest absolute Gasteiger partial charge is 0.478 e. The van der Waals surface area contributed by atoms with Crippen LogP contribution in [-0.2, 0) is 4.79 Å². The molecule has 1 amide bonds. The highest BCUT2D eigenvalue weighted by molar-refractivity contribution is 5.99. The smallest absolute Gasteiger partial charge is 0.339 e. The van der Waals surface area contributed by atoms with E-state index in [1.54, 1.807) is 0 Å². The average Bonchev–Trinajstić information content (AvgIpc) is 2.25. The van der Waals surface area contributed by atoms with E-state index in [1.807, 2.05) is 6.92 Å². The van der Waals surface area contributed by atoms with E-state index >= 15 is 0 Å². The second kappa shape index (κ2) is 5.25. The first kappa shape index (κ1) is 12.2. The highest BCUT2D eigenvalue weighted by Crippen LogP contribution is 2.17. The van der Waals surface area contributed by atoms with Crippen molar-refractivity contribution in [2.45, 2.75) is 20.3 Å². The van der Waals surface area contributed by atoms with Gasteiger partial charge in [-0.1, -0.05) is 6.92 Å². The van der Waals surface area contributed by atoms with E-state index in [0.717, 1.165) is 6.42 Å². The minimum absolute atomic E-state index is 0.0474. The molecule has 0 unspecified atom stereocenters. The molecule has 0 fully saturated rings. The van der Waals surface area contributed by atoms with Crippen LogP contribution in [0.25, 0.3) is 0 Å². The monoisotopic (exact) mass is 222 g/mol. The minimum atomic E-state index is -1.08. The Morgan fingerprint density at radius 2 is 2.19 bits per heavy atom. The predicted octanol–water partition coefficient (Wildman–Crippen LogP) is 1.54. The van der Waals surface area contributed by atoms with E-state index < -0.39 is 5.97 Å². The molecule has 0 aliphatic heterocycles. The van der Waals surface area contributed by atoms with Crippen LogP contribution in [0.1, 0.15) is 30.6 Å². The maximum atomic E-state index is 11.4. The second-order valence-corrected chi connectivity index (χ2v) is 3.35. The van der Waals surface area contributed by atoms with Gasteiger partial charge < -0.3 is 5.11 Å². The van der Waals surface area contributed by atoms with Gasteiger partial charge in [-0.15, -0.1) is 0 Å². The number of amides is 1. The van der Waals surface area contributed by atoms with E-state index in [0.29, 0.717) is 6.54 Å². The SMILES string of the molecule is CCCN(C(C)=O)c1ncccc1C(=O)O. The van der Waals surface area contributed by atoms with E-state index in [4.69, 9.17) is 5.11 Å². The Balaban J connectivity index is 3.17. The number of aromatic nitrogens is 1. The minimum Gasteiger partial charge on any atom is -0.478 e. The van der Waals surface area contributed by atoms with Gasteiger partial charge in [0.1, 0.15) is 11.4 Å². The number of rotatable bonds is 4. The van der Waals surface area contributed by atoms with Crippen molar-refractivity contribution in [2.24, 2.45) is 0 Å². The molecule has 0 bridgehead atoms. The molecule has 16 heavy (non-hydrogen) atoms. The topological polar surface area (TPSA) is 70.5 Å². The van der Waals surface area contributed by atoms with Gasteiger partial charge in [-0.05, 0) is 18.6 Å². The molecule has 86 valence electrons. The fraction of sp³-hybridized carbons (Fsp3) is 0.364. The normalized spacial score (nSPS) is 9.88. The second-order valence-electron chi connectivity index (χ2n) is 3.35. The fourth-order valence-electron chi connectivity index (χ4n) is 1.42. The zero-order valence-corrected chi connectivity index (χ0v) is 9.30. The Kier molecular flexibility index (Phi) is 3.99. The van der Waals surface area contributed by atoms with Gasteiger partial charge in [0.15, 0.2) is 0 Å². The molecule has 0 saturated heterocycles. The lowest BCUT2D eigenvalue weighted by Gasteiger charge is -2.20. The Morgan fingerprint density at radius 1 is 1.50 bits per heavy atom. The van der Waals surface area contributed by atoms with Gasteiger partial charge in [-0.3, -0.25) is 9.69 Å². The molecular weight excluding hydrogens is 208 g/mol. The summed E-state index contributed by atoms with van der Waals surface area (Å²) in [4.78, 5) is 27.7. The third-order valence-corrected chi connectivity index (χ3v) is 2.10. The Hall–Kier alpha value is -1.91. The van der Waals surface area contributed by atoms with Gasteiger partial charge in [0.2, 0.25) is 5.91 Å². The first-order valence-electron chi connectivity index (χ1n) is 5.04. The van der Waals surface area contributed by atoms with Gasteiger partial charge in [0, 0.05) is 19.7 Å². The number of carboxylic acid groups (broad SMARTS) is 1. The number of hydrogen-bond donors (Lipinski definition) is 1. The summed E-state index contributed by atoms with van der Waals surface area (Å²) in [6.07, 6.45) is 2.22. The molecule has 0 aliphatic rings. The van der Waals surface area contributed by atoms with E-state index in [1.165, 1.54) is 30.2 Å². The molecule has 0 aromatic carbocycles. The van der Waals surface area contributed by atoms with Crippen molar-refractivity contribution in [3.05, 3.63) is 23.9 Å². The number of carbonyl (C=O) groups is 2. The molecule has 5 nitrogen and oxygen atoms in total. The van der Waals surface area contributed by atoms with Gasteiger partial charge in [-0.25, -0.2) is 9.78 Å². The van der Waals surface area contributed by atoms with Crippen LogP contribution in [0.15, 0.2) is 18.3 Å². The number of carbonyl (C=O) groups excluding carboxylic acids is 1. The lowest BCUT2D eigenvalue weighted by molar-refractivity contribution is -0.116. The number of pyridine rings is 1. The van der Waals surface area contributed by atoms with Crippen LogP contribution in [0.3, 0.4) is 0 Å². The third-order valence-electron chi connectivity index (χ3n) is 2.10. The molecule has 5 heteroatoms. The van der Waals surface area contributed by atoms with Crippen molar-refractivity contribution in [3.8, 4) is 0 Å². The Bertz CT molecular complexity index is 404. The van der Waals surface area contributed by atoms with Crippen molar-refractivity contribution in [3.63, 3.8) is 0 Å². The van der Waals surface area contributed by atoms with E-state index in [-0.39, 0.29) is 17.3 Å². The molecule has 1 aromatic heterocycles. The fourth-order valence-corrected chi connectivity index (χ4v) is 1.42. The molecule has 0 atom stereocenters. The van der Waals surface area contributed by atoms with Crippen LogP contribution < -0.4 is 4.90 Å². The maximum Gasteiger partial charge on any atom is 0.339 e. The molecule has 1 rings (SSSR count). The zero-order chi connectivity index (χ0) is 12.1. The average molecular weight is 222 g/mol. The first-order valence-corrected chi connectivity index (χ1v) is 5.04. The molecule has 0 aliphatic carbocycles. The molecule has 0 saturated carbocycles. The molecule has 1 aromatic rings. The van der Waals surface area contributed by atoms with E-state index in [2.05, 4.69) is 4.98 Å². The summed E-state index contributed by atoms with van der Waals surface area (Å²) >= 11 is 0. The molecule has 0 spiro atoms. The van der Waals surface area contributed by atoms with Gasteiger partial charge in [-0.2, -0.15) is 0 Å². The molecular formula is C11H14N2O3. The van der Waals surface area contributed by atoms with Crippen LogP contribution in [0, 0.1) is 0 Å². The molecule has 1 N–H and O–H groups in total. The van der Waals surface area contributed by atoms with Gasteiger partial charge in [0.05, 0.1) is 0 Å². The Morgan fingerprint density at radius 3 is 2.69 bits per heavy atom. The van der Waals surface area contributed by atoms with Crippen LogP contribution in [0.5, 0.6) is 0 Å². The summed E-state index contributed by atoms with van der Waals surface area (Å²) in [5, 5.41) is 8.99. The van der Waals surface area contributed by atoms with Crippen LogP contribution in [0.4, 0.5) is 5.82 Å². The third kappa shape index (κ3) is 2.56. The first-order chi connectivity index (χ1) is 7.57. The summed E-state index contributed by atoms with van der Waals surface area (Å²) in [7, 11) is 0. The zero-order valence-electron chi connectivity index (χ0n) is 9.30. The number of nitrogens with zero attached hydrogens (tertiary/aromatic N) is 2. The maximum absolute atomic E-state index is 11.4. The summed E-state index contributed by atoms with van der Waals surface area (Å²) < 4.78 is 0. The molecule has 1 heterocycles. The lowest BCUT2D eigenvalue weighted by Crippen LogP contribution is -2.31. The van der Waals surface area contributed by atoms with Crippen molar-refractivity contribution in [2.75, 3.05) is 11.4 Å². The highest BCUT2D eigenvalue weighted by atomic mass is 16.4. The van der Waals surface area contributed by atoms with Crippen molar-refractivity contribution >= 4 is 17.7 Å². The summed E-state index contributed by atoms with van der Waals surface area (Å²) in [5.41, 5.74) is 0.0474. The summed E-state index contributed by atoms with van der Waals surface area (Å²) in [6.45, 7) is 3.78. The molecule has 0 radical (unpaired) electrons. The number of hydrogen-bond acceptors (Lipinski definition) is 3. The quantitative estimate of drug-likeness (QED) is 0.838. The number of anilines is 1. The number of aromatic carboxylic acids is 1. The van der Waals surface area contributed by atoms with Crippen LogP contribution in [-0.4, -0.2) is 28.5 Å². The summed E-state index contributed by atoms with van der Waals surface area (Å²) in [5.74, 6) is -1.07. The Labute approximate surface area is 93.7 Å². The van der Waals surface area contributed by atoms with Crippen molar-refractivity contribution < 1.29 is 14.7 Å². The van der Waals surface area contributed by atoms with Gasteiger partial charge in [0.25, 0.3) is 0 Å². The van der Waals surface area contributed by atoms with Crippen LogP contribution in [0.2, 0.25) is 0 Å². The summed E-state index contributed by atoms with van der Waals surface area (Å²) in [6, 6.07) is 2.98. The standard InChI is InChI=1S/C11H14N2O3/c1-3-7-13(8(2)14)10-9(11(15)16)5-4-6-12-10/h4-6H,3,7H2,1-2H3,(H,15,16). The van der Waals surface area contributed by atoms with E-state index in [9.17, 15) is 9.59 Å².